The number of nitrogens with one attached hydrogen (secondary N) is 3. The second kappa shape index (κ2) is 4.01. The van der Waals surface area contributed by atoms with Crippen LogP contribution in [0, 0.1) is 0 Å². The van der Waals surface area contributed by atoms with Crippen molar-refractivity contribution in [2.45, 2.75) is 19.5 Å². The molecule has 2 aromatic heterocycles. The number of rotatable bonds is 4. The fourth-order valence-electron chi connectivity index (χ4n) is 1.17. The molecule has 2 aromatic rings. The SMILES string of the molecule is CC(NCc1ccn[nH]1)c1ncn[nH]1. The van der Waals surface area contributed by atoms with E-state index in [9.17, 15) is 0 Å². The van der Waals surface area contributed by atoms with Crippen molar-refractivity contribution in [3.63, 3.8) is 0 Å². The van der Waals surface area contributed by atoms with Gasteiger partial charge in [-0.25, -0.2) is 4.98 Å². The van der Waals surface area contributed by atoms with Gasteiger partial charge in [0.05, 0.1) is 6.04 Å². The highest BCUT2D eigenvalue weighted by Crippen LogP contribution is 2.04. The molecule has 0 aromatic carbocycles. The molecule has 74 valence electrons. The van der Waals surface area contributed by atoms with Crippen molar-refractivity contribution in [1.29, 1.82) is 0 Å². The van der Waals surface area contributed by atoms with Crippen LogP contribution in [-0.2, 0) is 6.54 Å². The minimum Gasteiger partial charge on any atom is -0.302 e. The van der Waals surface area contributed by atoms with Crippen molar-refractivity contribution in [2.75, 3.05) is 0 Å². The molecule has 6 nitrogen and oxygen atoms in total. The van der Waals surface area contributed by atoms with Crippen molar-refractivity contribution < 1.29 is 0 Å². The molecule has 0 fully saturated rings. The van der Waals surface area contributed by atoms with Crippen LogP contribution < -0.4 is 5.32 Å². The molecule has 6 heteroatoms. The summed E-state index contributed by atoms with van der Waals surface area (Å²) in [6.07, 6.45) is 3.24. The van der Waals surface area contributed by atoms with E-state index >= 15 is 0 Å². The van der Waals surface area contributed by atoms with Crippen LogP contribution in [0.1, 0.15) is 24.5 Å². The zero-order valence-electron chi connectivity index (χ0n) is 7.86. The lowest BCUT2D eigenvalue weighted by Gasteiger charge is -2.08. The van der Waals surface area contributed by atoms with E-state index in [1.165, 1.54) is 6.33 Å². The molecule has 1 unspecified atom stereocenters. The topological polar surface area (TPSA) is 82.3 Å². The molecular formula is C8H12N6. The van der Waals surface area contributed by atoms with E-state index in [2.05, 4.69) is 30.7 Å². The van der Waals surface area contributed by atoms with Gasteiger partial charge in [-0.05, 0) is 13.0 Å². The normalized spacial score (nSPS) is 12.9. The van der Waals surface area contributed by atoms with Crippen LogP contribution in [-0.4, -0.2) is 25.4 Å². The molecule has 14 heavy (non-hydrogen) atoms. The van der Waals surface area contributed by atoms with E-state index < -0.39 is 0 Å². The lowest BCUT2D eigenvalue weighted by Crippen LogP contribution is -2.19. The Morgan fingerprint density at radius 1 is 1.43 bits per heavy atom. The molecule has 0 aliphatic rings. The molecule has 0 spiro atoms. The van der Waals surface area contributed by atoms with Gasteiger partial charge in [-0.15, -0.1) is 0 Å². The van der Waals surface area contributed by atoms with Gasteiger partial charge in [0.25, 0.3) is 0 Å². The van der Waals surface area contributed by atoms with Crippen molar-refractivity contribution >= 4 is 0 Å². The Morgan fingerprint density at radius 2 is 2.36 bits per heavy atom. The number of nitrogens with zero attached hydrogens (tertiary/aromatic N) is 3. The minimum atomic E-state index is 0.154. The summed E-state index contributed by atoms with van der Waals surface area (Å²) in [6.45, 7) is 2.76. The standard InChI is InChI=1S/C8H12N6/c1-6(8-10-5-12-14-8)9-4-7-2-3-11-13-7/h2-3,5-6,9H,4H2,1H3,(H,11,13)(H,10,12,14). The Kier molecular flexibility index (Phi) is 2.55. The molecule has 2 heterocycles. The summed E-state index contributed by atoms with van der Waals surface area (Å²) in [5.41, 5.74) is 1.05. The number of hydrogen-bond donors (Lipinski definition) is 3. The van der Waals surface area contributed by atoms with Crippen LogP contribution >= 0.6 is 0 Å². The summed E-state index contributed by atoms with van der Waals surface area (Å²) < 4.78 is 0. The van der Waals surface area contributed by atoms with Crippen LogP contribution in [0.15, 0.2) is 18.6 Å². The van der Waals surface area contributed by atoms with Crippen LogP contribution in [0.5, 0.6) is 0 Å². The van der Waals surface area contributed by atoms with Gasteiger partial charge < -0.3 is 5.32 Å². The lowest BCUT2D eigenvalue weighted by molar-refractivity contribution is 0.542. The van der Waals surface area contributed by atoms with E-state index in [0.29, 0.717) is 0 Å². The van der Waals surface area contributed by atoms with E-state index in [-0.39, 0.29) is 6.04 Å². The first-order chi connectivity index (χ1) is 6.86. The Hall–Kier alpha value is -1.69. The monoisotopic (exact) mass is 192 g/mol. The van der Waals surface area contributed by atoms with Crippen LogP contribution in [0.2, 0.25) is 0 Å². The van der Waals surface area contributed by atoms with E-state index in [1.807, 2.05) is 13.0 Å². The zero-order chi connectivity index (χ0) is 9.80. The second-order valence-corrected chi connectivity index (χ2v) is 3.06. The summed E-state index contributed by atoms with van der Waals surface area (Å²) in [7, 11) is 0. The average Bonchev–Trinajstić information content (AvgIpc) is 2.87. The van der Waals surface area contributed by atoms with Gasteiger partial charge in [-0.1, -0.05) is 0 Å². The smallest absolute Gasteiger partial charge is 0.141 e. The number of H-pyrrole nitrogens is 2. The van der Waals surface area contributed by atoms with Crippen LogP contribution in [0.3, 0.4) is 0 Å². The van der Waals surface area contributed by atoms with Gasteiger partial charge in [0.2, 0.25) is 0 Å². The van der Waals surface area contributed by atoms with Gasteiger partial charge in [0.15, 0.2) is 0 Å². The largest absolute Gasteiger partial charge is 0.302 e. The minimum absolute atomic E-state index is 0.154. The lowest BCUT2D eigenvalue weighted by atomic mass is 10.3. The summed E-state index contributed by atoms with van der Waals surface area (Å²) in [6, 6.07) is 2.08. The predicted molar refractivity (Wildman–Crippen MR) is 50.2 cm³/mol. The number of hydrogen-bond acceptors (Lipinski definition) is 4. The molecule has 2 rings (SSSR count). The molecule has 0 amide bonds. The first-order valence-electron chi connectivity index (χ1n) is 4.43. The van der Waals surface area contributed by atoms with Crippen molar-refractivity contribution in [1.82, 2.24) is 30.7 Å². The Labute approximate surface area is 81.1 Å². The van der Waals surface area contributed by atoms with E-state index in [4.69, 9.17) is 0 Å². The van der Waals surface area contributed by atoms with Crippen LogP contribution in [0.25, 0.3) is 0 Å². The molecule has 0 saturated carbocycles. The molecule has 0 saturated heterocycles. The average molecular weight is 192 g/mol. The molecular weight excluding hydrogens is 180 g/mol. The van der Waals surface area contributed by atoms with Crippen molar-refractivity contribution in [3.05, 3.63) is 30.1 Å². The maximum absolute atomic E-state index is 4.06. The Morgan fingerprint density at radius 3 is 3.00 bits per heavy atom. The zero-order valence-corrected chi connectivity index (χ0v) is 7.86. The van der Waals surface area contributed by atoms with Gasteiger partial charge >= 0.3 is 0 Å². The van der Waals surface area contributed by atoms with Crippen molar-refractivity contribution in [3.8, 4) is 0 Å². The van der Waals surface area contributed by atoms with Crippen molar-refractivity contribution in [2.24, 2.45) is 0 Å². The van der Waals surface area contributed by atoms with Gasteiger partial charge in [0.1, 0.15) is 12.2 Å². The molecule has 0 bridgehead atoms. The summed E-state index contributed by atoms with van der Waals surface area (Å²) in [5, 5.41) is 16.6. The van der Waals surface area contributed by atoms with Crippen LogP contribution in [0.4, 0.5) is 0 Å². The molecule has 0 radical (unpaired) electrons. The third-order valence-corrected chi connectivity index (χ3v) is 2.00. The molecule has 3 N–H and O–H groups in total. The predicted octanol–water partition coefficient (Wildman–Crippen LogP) is 0.379. The maximum atomic E-state index is 4.06. The van der Waals surface area contributed by atoms with Gasteiger partial charge in [-0.2, -0.15) is 10.2 Å². The first kappa shape index (κ1) is 8.89. The molecule has 1 atom stereocenters. The third kappa shape index (κ3) is 1.97. The summed E-state index contributed by atoms with van der Waals surface area (Å²) >= 11 is 0. The van der Waals surface area contributed by atoms with Gasteiger partial charge in [-0.3, -0.25) is 10.2 Å². The number of aromatic amines is 2. The quantitative estimate of drug-likeness (QED) is 0.654. The first-order valence-corrected chi connectivity index (χ1v) is 4.43. The Balaban J connectivity index is 1.87. The highest BCUT2D eigenvalue weighted by Gasteiger charge is 2.07. The molecule has 0 aliphatic heterocycles. The summed E-state index contributed by atoms with van der Waals surface area (Å²) in [4.78, 5) is 4.06. The van der Waals surface area contributed by atoms with Gasteiger partial charge in [0, 0.05) is 18.4 Å². The summed E-state index contributed by atoms with van der Waals surface area (Å²) in [5.74, 6) is 0.838. The number of aromatic nitrogens is 5. The Bertz CT molecular complexity index is 351. The highest BCUT2D eigenvalue weighted by atomic mass is 15.2. The van der Waals surface area contributed by atoms with E-state index in [0.717, 1.165) is 18.1 Å². The molecule has 0 aliphatic carbocycles. The fourth-order valence-corrected chi connectivity index (χ4v) is 1.17. The third-order valence-electron chi connectivity index (χ3n) is 2.00. The highest BCUT2D eigenvalue weighted by molar-refractivity contribution is 4.98. The van der Waals surface area contributed by atoms with E-state index in [1.54, 1.807) is 6.20 Å². The maximum Gasteiger partial charge on any atom is 0.141 e. The second-order valence-electron chi connectivity index (χ2n) is 3.06. The fraction of sp³-hybridized carbons (Fsp3) is 0.375.